The van der Waals surface area contributed by atoms with Crippen LogP contribution < -0.4 is 15.8 Å². The number of anilines is 2. The van der Waals surface area contributed by atoms with Crippen LogP contribution in [-0.4, -0.2) is 49.3 Å². The topological polar surface area (TPSA) is 129 Å². The summed E-state index contributed by atoms with van der Waals surface area (Å²) in [5.41, 5.74) is 11.0. The van der Waals surface area contributed by atoms with Crippen molar-refractivity contribution in [2.75, 3.05) is 17.7 Å². The number of hydrogen-bond acceptors (Lipinski definition) is 7. The Morgan fingerprint density at radius 1 is 1.22 bits per heavy atom. The Labute approximate surface area is 215 Å². The second-order valence-corrected chi connectivity index (χ2v) is 9.63. The standard InChI is InChI=1S/C27H32N6O4/c1-17(2)37-27(35)31-19-8-6-18(7-9-19)26-25(28)23-11-10-22(12-24(23)33(26)20-4-3-5-20)36-14-21(34)13-32-16-29-15-30-32/h6-12,15-17,20-21,34H,3-5,13-14,28H2,1-2H3,(H,31,35). The third-order valence-corrected chi connectivity index (χ3v) is 6.51. The molecule has 1 unspecified atom stereocenters. The Morgan fingerprint density at radius 2 is 2.00 bits per heavy atom. The number of aliphatic hydroxyl groups is 1. The van der Waals surface area contributed by atoms with Crippen molar-refractivity contribution in [2.45, 2.75) is 57.9 Å². The SMILES string of the molecule is CC(C)OC(=O)Nc1ccc(-c2c(N)c3ccc(OCC(O)Cn4cncn4)cc3n2C2CCC2)cc1. The fraction of sp³-hybridized carbons (Fsp3) is 0.370. The molecule has 1 atom stereocenters. The first-order chi connectivity index (χ1) is 17.9. The zero-order valence-corrected chi connectivity index (χ0v) is 21.0. The molecule has 194 valence electrons. The highest BCUT2D eigenvalue weighted by Crippen LogP contribution is 2.44. The van der Waals surface area contributed by atoms with Crippen molar-refractivity contribution >= 4 is 28.4 Å². The van der Waals surface area contributed by atoms with Crippen LogP contribution in [0.2, 0.25) is 0 Å². The number of amides is 1. The van der Waals surface area contributed by atoms with Gasteiger partial charge in [-0.3, -0.25) is 10.00 Å². The van der Waals surface area contributed by atoms with Gasteiger partial charge in [-0.1, -0.05) is 12.1 Å². The molecule has 10 heteroatoms. The summed E-state index contributed by atoms with van der Waals surface area (Å²) in [5, 5.41) is 18.1. The molecule has 0 bridgehead atoms. The second-order valence-electron chi connectivity index (χ2n) is 9.63. The van der Waals surface area contributed by atoms with Crippen LogP contribution in [0.4, 0.5) is 16.2 Å². The van der Waals surface area contributed by atoms with Crippen LogP contribution in [0.5, 0.6) is 5.75 Å². The summed E-state index contributed by atoms with van der Waals surface area (Å²) in [5.74, 6) is 0.665. The van der Waals surface area contributed by atoms with Gasteiger partial charge in [-0.15, -0.1) is 0 Å². The first-order valence-corrected chi connectivity index (χ1v) is 12.5. The van der Waals surface area contributed by atoms with Gasteiger partial charge in [-0.2, -0.15) is 5.10 Å². The number of nitrogens with zero attached hydrogens (tertiary/aromatic N) is 4. The van der Waals surface area contributed by atoms with E-state index in [-0.39, 0.29) is 12.7 Å². The molecule has 1 saturated carbocycles. The minimum absolute atomic E-state index is 0.131. The number of nitrogens with one attached hydrogen (secondary N) is 1. The number of nitrogen functional groups attached to an aromatic ring is 1. The molecule has 0 spiro atoms. The number of aliphatic hydroxyl groups excluding tert-OH is 1. The van der Waals surface area contributed by atoms with Gasteiger partial charge in [0, 0.05) is 28.7 Å². The van der Waals surface area contributed by atoms with E-state index in [0.29, 0.717) is 29.7 Å². The van der Waals surface area contributed by atoms with Crippen LogP contribution in [0, 0.1) is 0 Å². The van der Waals surface area contributed by atoms with E-state index in [1.807, 2.05) is 56.3 Å². The lowest BCUT2D eigenvalue weighted by Gasteiger charge is -2.30. The lowest BCUT2D eigenvalue weighted by Crippen LogP contribution is -2.23. The molecule has 1 amide bonds. The molecule has 0 saturated heterocycles. The molecule has 4 aromatic rings. The molecule has 1 aliphatic rings. The van der Waals surface area contributed by atoms with Gasteiger partial charge in [0.25, 0.3) is 0 Å². The van der Waals surface area contributed by atoms with E-state index < -0.39 is 12.2 Å². The molecule has 2 aromatic carbocycles. The number of benzene rings is 2. The van der Waals surface area contributed by atoms with Gasteiger partial charge < -0.3 is 24.9 Å². The smallest absolute Gasteiger partial charge is 0.411 e. The van der Waals surface area contributed by atoms with E-state index in [2.05, 4.69) is 20.0 Å². The fourth-order valence-corrected chi connectivity index (χ4v) is 4.59. The van der Waals surface area contributed by atoms with Crippen LogP contribution in [-0.2, 0) is 11.3 Å². The molecule has 10 nitrogen and oxygen atoms in total. The number of carbonyl (C=O) groups is 1. The van der Waals surface area contributed by atoms with Crippen LogP contribution in [0.3, 0.4) is 0 Å². The van der Waals surface area contributed by atoms with Crippen LogP contribution in [0.15, 0.2) is 55.1 Å². The van der Waals surface area contributed by atoms with Gasteiger partial charge in [-0.05, 0) is 57.4 Å². The maximum atomic E-state index is 12.0. The predicted octanol–water partition coefficient (Wildman–Crippen LogP) is 4.60. The third kappa shape index (κ3) is 5.39. The molecule has 5 rings (SSSR count). The lowest BCUT2D eigenvalue weighted by molar-refractivity contribution is 0.0893. The lowest BCUT2D eigenvalue weighted by atomic mass is 9.92. The minimum atomic E-state index is -0.721. The van der Waals surface area contributed by atoms with Crippen LogP contribution in [0.25, 0.3) is 22.2 Å². The van der Waals surface area contributed by atoms with Gasteiger partial charge in [0.05, 0.1) is 29.5 Å². The zero-order chi connectivity index (χ0) is 25.9. The van der Waals surface area contributed by atoms with E-state index in [1.54, 1.807) is 11.0 Å². The van der Waals surface area contributed by atoms with Gasteiger partial charge >= 0.3 is 6.09 Å². The Bertz CT molecular complexity index is 1360. The molecule has 4 N–H and O–H groups in total. The first kappa shape index (κ1) is 24.6. The quantitative estimate of drug-likeness (QED) is 0.304. The van der Waals surface area contributed by atoms with Crippen molar-refractivity contribution in [3.8, 4) is 17.0 Å². The van der Waals surface area contributed by atoms with Gasteiger partial charge in [0.15, 0.2) is 0 Å². The average molecular weight is 505 g/mol. The summed E-state index contributed by atoms with van der Waals surface area (Å²) in [7, 11) is 0. The summed E-state index contributed by atoms with van der Waals surface area (Å²) < 4.78 is 15.0. The molecule has 37 heavy (non-hydrogen) atoms. The molecule has 0 radical (unpaired) electrons. The Kier molecular flexibility index (Phi) is 7.00. The summed E-state index contributed by atoms with van der Waals surface area (Å²) in [6, 6.07) is 13.8. The summed E-state index contributed by atoms with van der Waals surface area (Å²) in [6.45, 7) is 4.05. The zero-order valence-electron chi connectivity index (χ0n) is 21.0. The summed E-state index contributed by atoms with van der Waals surface area (Å²) >= 11 is 0. The number of ether oxygens (including phenoxy) is 2. The third-order valence-electron chi connectivity index (χ3n) is 6.51. The number of fused-ring (bicyclic) bond motifs is 1. The molecule has 1 aliphatic carbocycles. The van der Waals surface area contributed by atoms with Crippen molar-refractivity contribution in [1.29, 1.82) is 0 Å². The van der Waals surface area contributed by atoms with E-state index in [9.17, 15) is 9.90 Å². The first-order valence-electron chi connectivity index (χ1n) is 12.5. The molecule has 2 heterocycles. The highest BCUT2D eigenvalue weighted by molar-refractivity contribution is 6.01. The Hall–Kier alpha value is -4.05. The number of aromatic nitrogens is 4. The maximum absolute atomic E-state index is 12.0. The molecular weight excluding hydrogens is 472 g/mol. The molecular formula is C27H32N6O4. The maximum Gasteiger partial charge on any atom is 0.411 e. The van der Waals surface area contributed by atoms with Crippen LogP contribution in [0.1, 0.15) is 39.2 Å². The predicted molar refractivity (Wildman–Crippen MR) is 141 cm³/mol. The molecule has 2 aromatic heterocycles. The monoisotopic (exact) mass is 504 g/mol. The van der Waals surface area contributed by atoms with E-state index in [1.165, 1.54) is 12.7 Å². The highest BCUT2D eigenvalue weighted by atomic mass is 16.6. The minimum Gasteiger partial charge on any atom is -0.491 e. The van der Waals surface area contributed by atoms with Crippen molar-refractivity contribution in [2.24, 2.45) is 0 Å². The van der Waals surface area contributed by atoms with E-state index in [0.717, 1.165) is 35.0 Å². The van der Waals surface area contributed by atoms with Gasteiger partial charge in [0.1, 0.15) is 31.1 Å². The van der Waals surface area contributed by atoms with E-state index >= 15 is 0 Å². The van der Waals surface area contributed by atoms with Crippen LogP contribution >= 0.6 is 0 Å². The van der Waals surface area contributed by atoms with Crippen molar-refractivity contribution < 1.29 is 19.4 Å². The van der Waals surface area contributed by atoms with E-state index in [4.69, 9.17) is 15.2 Å². The fourth-order valence-electron chi connectivity index (χ4n) is 4.59. The summed E-state index contributed by atoms with van der Waals surface area (Å²) in [6.07, 6.45) is 4.94. The number of carbonyl (C=O) groups excluding carboxylic acids is 1. The van der Waals surface area contributed by atoms with Gasteiger partial charge in [-0.25, -0.2) is 9.78 Å². The Balaban J connectivity index is 1.40. The van der Waals surface area contributed by atoms with Crippen molar-refractivity contribution in [3.63, 3.8) is 0 Å². The normalized spacial score (nSPS) is 14.5. The average Bonchev–Trinajstić information content (AvgIpc) is 3.43. The highest BCUT2D eigenvalue weighted by Gasteiger charge is 2.27. The van der Waals surface area contributed by atoms with Crippen molar-refractivity contribution in [1.82, 2.24) is 19.3 Å². The van der Waals surface area contributed by atoms with Gasteiger partial charge in [0.2, 0.25) is 0 Å². The van der Waals surface area contributed by atoms with Crippen molar-refractivity contribution in [3.05, 3.63) is 55.1 Å². The number of rotatable bonds is 9. The second kappa shape index (κ2) is 10.5. The molecule has 1 fully saturated rings. The molecule has 0 aliphatic heterocycles. The number of hydrogen-bond donors (Lipinski definition) is 3. The summed E-state index contributed by atoms with van der Waals surface area (Å²) in [4.78, 5) is 15.8. The largest absolute Gasteiger partial charge is 0.491 e. The Morgan fingerprint density at radius 3 is 2.65 bits per heavy atom. The number of nitrogens with two attached hydrogens (primary N) is 1.